The number of anilines is 1. The van der Waals surface area contributed by atoms with E-state index in [-0.39, 0.29) is 35.7 Å². The summed E-state index contributed by atoms with van der Waals surface area (Å²) in [5, 5.41) is 12.2. The van der Waals surface area contributed by atoms with Crippen LogP contribution in [-0.2, 0) is 16.1 Å². The number of nitrogens with one attached hydrogen (secondary N) is 1. The van der Waals surface area contributed by atoms with Gasteiger partial charge in [-0.1, -0.05) is 41.4 Å². The lowest BCUT2D eigenvalue weighted by Gasteiger charge is -2.13. The first-order chi connectivity index (χ1) is 20.4. The largest absolute Gasteiger partial charge is 0.483 e. The van der Waals surface area contributed by atoms with Crippen LogP contribution in [0.5, 0.6) is 5.75 Å². The van der Waals surface area contributed by atoms with Gasteiger partial charge in [0.15, 0.2) is 11.8 Å². The van der Waals surface area contributed by atoms with Crippen LogP contribution >= 0.6 is 35.0 Å². The van der Waals surface area contributed by atoms with E-state index in [0.717, 1.165) is 11.8 Å². The van der Waals surface area contributed by atoms with Gasteiger partial charge in [-0.05, 0) is 78.5 Å². The van der Waals surface area contributed by atoms with Crippen LogP contribution in [0.4, 0.5) is 10.1 Å². The highest BCUT2D eigenvalue weighted by molar-refractivity contribution is 8.18. The molecule has 2 amide bonds. The fourth-order valence-electron chi connectivity index (χ4n) is 3.78. The molecule has 0 aliphatic carbocycles. The van der Waals surface area contributed by atoms with E-state index in [0.29, 0.717) is 37.7 Å². The van der Waals surface area contributed by atoms with Gasteiger partial charge in [0.05, 0.1) is 23.9 Å². The Kier molecular flexibility index (Phi) is 9.38. The minimum absolute atomic E-state index is 0.105. The number of amidine groups is 1. The van der Waals surface area contributed by atoms with E-state index in [2.05, 4.69) is 15.5 Å². The van der Waals surface area contributed by atoms with Gasteiger partial charge in [-0.15, -0.1) is 5.10 Å². The molecule has 3 aromatic carbocycles. The molecule has 5 rings (SSSR count). The molecule has 0 saturated carbocycles. The van der Waals surface area contributed by atoms with Gasteiger partial charge in [-0.2, -0.15) is 5.10 Å². The van der Waals surface area contributed by atoms with Crippen LogP contribution in [0, 0.1) is 5.82 Å². The van der Waals surface area contributed by atoms with Gasteiger partial charge in [0, 0.05) is 26.9 Å². The maximum absolute atomic E-state index is 14.0. The van der Waals surface area contributed by atoms with E-state index >= 15 is 0 Å². The van der Waals surface area contributed by atoms with Crippen LogP contribution in [0.1, 0.15) is 16.9 Å². The van der Waals surface area contributed by atoms with Gasteiger partial charge in [0.1, 0.15) is 17.3 Å². The molecule has 1 aliphatic rings. The highest BCUT2D eigenvalue weighted by Crippen LogP contribution is 2.36. The summed E-state index contributed by atoms with van der Waals surface area (Å²) in [4.78, 5) is 27.7. The van der Waals surface area contributed by atoms with E-state index in [9.17, 15) is 14.0 Å². The third-order valence-electron chi connectivity index (χ3n) is 5.77. The van der Waals surface area contributed by atoms with Crippen molar-refractivity contribution in [2.45, 2.75) is 6.54 Å². The molecule has 1 aromatic heterocycles. The zero-order chi connectivity index (χ0) is 29.5. The molecule has 12 heteroatoms. The van der Waals surface area contributed by atoms with Gasteiger partial charge >= 0.3 is 0 Å². The SMILES string of the molecule is O=C(COc1ccc(Cl)cc1/C=C1\S/C(=N\N=C\c2ccccc2F)N(Cc2ccco2)C1=O)Nc1ccc(Cl)cc1. The summed E-state index contributed by atoms with van der Waals surface area (Å²) in [5.41, 5.74) is 1.30. The molecule has 0 atom stereocenters. The second-order valence-corrected chi connectivity index (χ2v) is 10.6. The second-order valence-electron chi connectivity index (χ2n) is 8.76. The Labute approximate surface area is 254 Å². The molecule has 42 heavy (non-hydrogen) atoms. The van der Waals surface area contributed by atoms with Gasteiger partial charge in [0.25, 0.3) is 11.8 Å². The summed E-state index contributed by atoms with van der Waals surface area (Å²) in [6, 6.07) is 21.1. The van der Waals surface area contributed by atoms with Crippen LogP contribution in [0.25, 0.3) is 6.08 Å². The molecule has 1 fully saturated rings. The fourth-order valence-corrected chi connectivity index (χ4v) is 5.01. The average molecular weight is 623 g/mol. The molecule has 1 saturated heterocycles. The number of carbonyl (C=O) groups excluding carboxylic acids is 2. The van der Waals surface area contributed by atoms with E-state index in [1.54, 1.807) is 78.9 Å². The maximum atomic E-state index is 14.0. The maximum Gasteiger partial charge on any atom is 0.267 e. The molecule has 8 nitrogen and oxygen atoms in total. The number of amides is 2. The van der Waals surface area contributed by atoms with E-state index in [1.807, 2.05) is 0 Å². The van der Waals surface area contributed by atoms with Gasteiger partial charge in [0.2, 0.25) is 0 Å². The number of furan rings is 1. The Balaban J connectivity index is 1.37. The smallest absolute Gasteiger partial charge is 0.267 e. The minimum atomic E-state index is -0.444. The number of benzene rings is 3. The molecule has 0 radical (unpaired) electrons. The Hall–Kier alpha value is -4.38. The Morgan fingerprint density at radius 2 is 1.81 bits per heavy atom. The first-order valence-corrected chi connectivity index (χ1v) is 14.0. The van der Waals surface area contributed by atoms with Crippen molar-refractivity contribution in [2.75, 3.05) is 11.9 Å². The summed E-state index contributed by atoms with van der Waals surface area (Å²) in [7, 11) is 0. The van der Waals surface area contributed by atoms with Gasteiger partial charge in [-0.3, -0.25) is 14.5 Å². The van der Waals surface area contributed by atoms with Crippen LogP contribution in [0.2, 0.25) is 10.0 Å². The zero-order valence-corrected chi connectivity index (χ0v) is 24.0. The number of ether oxygens (including phenoxy) is 1. The summed E-state index contributed by atoms with van der Waals surface area (Å²) in [6.45, 7) is -0.183. The number of nitrogens with zero attached hydrogens (tertiary/aromatic N) is 3. The van der Waals surface area contributed by atoms with Crippen molar-refractivity contribution in [1.82, 2.24) is 4.90 Å². The number of carbonyl (C=O) groups is 2. The number of halogens is 3. The first-order valence-electron chi connectivity index (χ1n) is 12.4. The highest BCUT2D eigenvalue weighted by Gasteiger charge is 2.34. The van der Waals surface area contributed by atoms with Crippen LogP contribution in [0.15, 0.2) is 105 Å². The number of thioether (sulfide) groups is 1. The average Bonchev–Trinajstić information content (AvgIpc) is 3.59. The normalized spacial score (nSPS) is 15.2. The summed E-state index contributed by atoms with van der Waals surface area (Å²) in [6.07, 6.45) is 4.38. The monoisotopic (exact) mass is 622 g/mol. The molecule has 2 heterocycles. The lowest BCUT2D eigenvalue weighted by molar-refractivity contribution is -0.122. The van der Waals surface area contributed by atoms with Gasteiger partial charge in [-0.25, -0.2) is 4.39 Å². The molecule has 1 aliphatic heterocycles. The summed E-state index contributed by atoms with van der Waals surface area (Å²) in [5.74, 6) is -0.312. The third kappa shape index (κ3) is 7.47. The van der Waals surface area contributed by atoms with Crippen molar-refractivity contribution < 1.29 is 23.1 Å². The minimum Gasteiger partial charge on any atom is -0.483 e. The highest BCUT2D eigenvalue weighted by atomic mass is 35.5. The predicted molar refractivity (Wildman–Crippen MR) is 163 cm³/mol. The van der Waals surface area contributed by atoms with Crippen molar-refractivity contribution in [3.05, 3.63) is 123 Å². The van der Waals surface area contributed by atoms with Crippen molar-refractivity contribution >= 4 is 69.9 Å². The molecular weight excluding hydrogens is 602 g/mol. The lowest BCUT2D eigenvalue weighted by atomic mass is 10.2. The molecule has 0 unspecified atom stereocenters. The van der Waals surface area contributed by atoms with Crippen LogP contribution < -0.4 is 10.1 Å². The van der Waals surface area contributed by atoms with Gasteiger partial charge < -0.3 is 14.5 Å². The first kappa shape index (κ1) is 29.1. The number of rotatable bonds is 9. The topological polar surface area (TPSA) is 96.5 Å². The number of hydrogen-bond donors (Lipinski definition) is 1. The molecule has 212 valence electrons. The zero-order valence-electron chi connectivity index (χ0n) is 21.7. The summed E-state index contributed by atoms with van der Waals surface area (Å²) >= 11 is 13.2. The van der Waals surface area contributed by atoms with E-state index < -0.39 is 5.82 Å². The predicted octanol–water partition coefficient (Wildman–Crippen LogP) is 7.25. The third-order valence-corrected chi connectivity index (χ3v) is 7.26. The Morgan fingerprint density at radius 1 is 1.02 bits per heavy atom. The quantitative estimate of drug-likeness (QED) is 0.120. The number of hydrogen-bond acceptors (Lipinski definition) is 7. The van der Waals surface area contributed by atoms with Crippen molar-refractivity contribution in [3.8, 4) is 5.75 Å². The Morgan fingerprint density at radius 3 is 2.57 bits per heavy atom. The van der Waals surface area contributed by atoms with E-state index in [1.165, 1.54) is 23.4 Å². The molecule has 0 bridgehead atoms. The van der Waals surface area contributed by atoms with Crippen molar-refractivity contribution in [3.63, 3.8) is 0 Å². The van der Waals surface area contributed by atoms with Crippen molar-refractivity contribution in [1.29, 1.82) is 0 Å². The second kappa shape index (κ2) is 13.5. The lowest BCUT2D eigenvalue weighted by Crippen LogP contribution is -2.28. The molecular formula is C30H21Cl2FN4O4S. The standard InChI is InChI=1S/C30H21Cl2FN4O4S/c31-21-7-10-23(11-8-21)35-28(38)18-41-26-12-9-22(32)14-20(26)15-27-29(39)37(17-24-5-3-13-40-24)30(42-27)36-34-16-19-4-1-2-6-25(19)33/h1-16H,17-18H2,(H,35,38)/b27-15-,34-16+,36-30-. The molecule has 1 N–H and O–H groups in total. The fraction of sp³-hybridized carbons (Fsp3) is 0.0667. The summed E-state index contributed by atoms with van der Waals surface area (Å²) < 4.78 is 25.2. The Bertz CT molecular complexity index is 1690. The molecule has 0 spiro atoms. The van der Waals surface area contributed by atoms with E-state index in [4.69, 9.17) is 32.4 Å². The van der Waals surface area contributed by atoms with Crippen LogP contribution in [0.3, 0.4) is 0 Å². The molecule has 4 aromatic rings. The van der Waals surface area contributed by atoms with Crippen molar-refractivity contribution in [2.24, 2.45) is 10.2 Å². The van der Waals surface area contributed by atoms with Crippen LogP contribution in [-0.4, -0.2) is 34.7 Å².